The van der Waals surface area contributed by atoms with E-state index in [4.69, 9.17) is 24.5 Å². The molecule has 1 saturated heterocycles. The Morgan fingerprint density at radius 1 is 0.652 bits per heavy atom. The molecular weight excluding hydrogens is 598 g/mol. The highest BCUT2D eigenvalue weighted by Crippen LogP contribution is 2.13. The minimum absolute atomic E-state index is 0.0117. The zero-order valence-corrected chi connectivity index (χ0v) is 29.7. The molecule has 1 unspecified atom stereocenters. The molecule has 15 heteroatoms. The van der Waals surface area contributed by atoms with Crippen LogP contribution < -0.4 is 0 Å². The van der Waals surface area contributed by atoms with Crippen molar-refractivity contribution in [1.29, 1.82) is 0 Å². The van der Waals surface area contributed by atoms with Gasteiger partial charge in [0.1, 0.15) is 22.8 Å². The highest BCUT2D eigenvalue weighted by Gasteiger charge is 2.30. The third-order valence-corrected chi connectivity index (χ3v) is 6.67. The SMILES string of the molecule is COC(=O)C(CCN=[N+]=[N-])N1CCN(CC(=O)OC(C)(C)C)CCN(CC(=O)OC(C)(C)C)CCN(CC(=O)OC(C)(C)C)CC1. The Balaban J connectivity index is 3.39. The van der Waals surface area contributed by atoms with Crippen LogP contribution in [0.15, 0.2) is 5.11 Å². The molecule has 46 heavy (non-hydrogen) atoms. The molecule has 264 valence electrons. The fourth-order valence-electron chi connectivity index (χ4n) is 4.82. The van der Waals surface area contributed by atoms with Crippen LogP contribution in [0.5, 0.6) is 0 Å². The second-order valence-electron chi connectivity index (χ2n) is 14.4. The molecule has 0 saturated carbocycles. The van der Waals surface area contributed by atoms with Crippen LogP contribution in [0.4, 0.5) is 0 Å². The van der Waals surface area contributed by atoms with E-state index in [0.717, 1.165) is 0 Å². The lowest BCUT2D eigenvalue weighted by Gasteiger charge is -2.36. The number of azide groups is 1. The van der Waals surface area contributed by atoms with Crippen molar-refractivity contribution in [1.82, 2.24) is 19.6 Å². The molecule has 15 nitrogen and oxygen atoms in total. The van der Waals surface area contributed by atoms with Gasteiger partial charge in [-0.3, -0.25) is 38.8 Å². The summed E-state index contributed by atoms with van der Waals surface area (Å²) in [6, 6.07) is -0.714. The Hall–Kier alpha value is -2.97. The highest BCUT2D eigenvalue weighted by atomic mass is 16.6. The number of carbonyl (C=O) groups is 4. The molecule has 0 aromatic carbocycles. The molecule has 0 amide bonds. The third-order valence-electron chi connectivity index (χ3n) is 6.67. The molecule has 0 spiro atoms. The van der Waals surface area contributed by atoms with Crippen LogP contribution in [0.25, 0.3) is 10.4 Å². The minimum Gasteiger partial charge on any atom is -0.468 e. The standard InChI is InChI=1S/C31H57N7O8/c1-29(2,3)44-25(39)21-35-13-15-36(22-26(40)45-30(4,5)6)17-19-38(24(28(42)43-10)11-12-33-34-32)20-18-37(16-14-35)23-27(41)46-31(7,8)9/h24H,11-23H2,1-10H3. The lowest BCUT2D eigenvalue weighted by Crippen LogP contribution is -2.52. The van der Waals surface area contributed by atoms with E-state index < -0.39 is 28.8 Å². The zero-order chi connectivity index (χ0) is 35.1. The summed E-state index contributed by atoms with van der Waals surface area (Å²) in [5, 5.41) is 3.62. The molecule has 1 aliphatic rings. The number of hydrogen-bond donors (Lipinski definition) is 0. The molecule has 1 rings (SSSR count). The van der Waals surface area contributed by atoms with Crippen LogP contribution in [0.2, 0.25) is 0 Å². The van der Waals surface area contributed by atoms with Gasteiger partial charge in [-0.05, 0) is 74.3 Å². The van der Waals surface area contributed by atoms with Gasteiger partial charge in [-0.15, -0.1) is 0 Å². The number of ether oxygens (including phenoxy) is 4. The molecular formula is C31H57N7O8. The Bertz CT molecular complexity index is 999. The molecule has 1 heterocycles. The van der Waals surface area contributed by atoms with Crippen LogP contribution in [0.1, 0.15) is 68.7 Å². The number of carbonyl (C=O) groups excluding carboxylic acids is 4. The van der Waals surface area contributed by atoms with Gasteiger partial charge in [-0.1, -0.05) is 5.11 Å². The number of hydrogen-bond acceptors (Lipinski definition) is 13. The van der Waals surface area contributed by atoms with Gasteiger partial charge in [0, 0.05) is 63.8 Å². The second-order valence-corrected chi connectivity index (χ2v) is 14.4. The summed E-state index contributed by atoms with van der Waals surface area (Å²) in [5.74, 6) is -1.62. The van der Waals surface area contributed by atoms with Gasteiger partial charge in [0.15, 0.2) is 0 Å². The molecule has 0 bridgehead atoms. The maximum atomic E-state index is 12.9. The van der Waals surface area contributed by atoms with Crippen LogP contribution in [0.3, 0.4) is 0 Å². The largest absolute Gasteiger partial charge is 0.468 e. The summed E-state index contributed by atoms with van der Waals surface area (Å²) < 4.78 is 21.9. The minimum atomic E-state index is -0.714. The molecule has 1 aliphatic heterocycles. The predicted molar refractivity (Wildman–Crippen MR) is 173 cm³/mol. The summed E-state index contributed by atoms with van der Waals surface area (Å²) in [5.41, 5.74) is 6.85. The number of esters is 4. The van der Waals surface area contributed by atoms with E-state index in [2.05, 4.69) is 10.0 Å². The maximum Gasteiger partial charge on any atom is 0.323 e. The molecule has 0 N–H and O–H groups in total. The zero-order valence-electron chi connectivity index (χ0n) is 29.7. The first-order valence-corrected chi connectivity index (χ1v) is 15.9. The van der Waals surface area contributed by atoms with Crippen LogP contribution in [-0.2, 0) is 38.1 Å². The molecule has 0 aromatic rings. The third kappa shape index (κ3) is 18.9. The van der Waals surface area contributed by atoms with E-state index in [-0.39, 0.29) is 50.5 Å². The second kappa shape index (κ2) is 19.0. The van der Waals surface area contributed by atoms with E-state index in [9.17, 15) is 19.2 Å². The Morgan fingerprint density at radius 2 is 0.978 bits per heavy atom. The van der Waals surface area contributed by atoms with Crippen LogP contribution in [0, 0.1) is 0 Å². The summed E-state index contributed by atoms with van der Waals surface area (Å²) >= 11 is 0. The van der Waals surface area contributed by atoms with Gasteiger partial charge >= 0.3 is 23.9 Å². The molecule has 1 fully saturated rings. The van der Waals surface area contributed by atoms with Crippen LogP contribution in [-0.4, -0.2) is 152 Å². The van der Waals surface area contributed by atoms with Crippen molar-refractivity contribution in [2.24, 2.45) is 5.11 Å². The lowest BCUT2D eigenvalue weighted by atomic mass is 10.1. The lowest BCUT2D eigenvalue weighted by molar-refractivity contribution is -0.158. The van der Waals surface area contributed by atoms with Gasteiger partial charge in [0.05, 0.1) is 26.7 Å². The predicted octanol–water partition coefficient (Wildman–Crippen LogP) is 2.48. The van der Waals surface area contributed by atoms with E-state index in [1.54, 1.807) is 41.5 Å². The van der Waals surface area contributed by atoms with Crippen molar-refractivity contribution in [3.63, 3.8) is 0 Å². The summed E-state index contributed by atoms with van der Waals surface area (Å²) in [6.45, 7) is 19.6. The van der Waals surface area contributed by atoms with E-state index in [0.29, 0.717) is 52.4 Å². The van der Waals surface area contributed by atoms with Crippen molar-refractivity contribution in [2.75, 3.05) is 85.6 Å². The first kappa shape index (κ1) is 41.1. The van der Waals surface area contributed by atoms with Gasteiger partial charge in [0.25, 0.3) is 0 Å². The van der Waals surface area contributed by atoms with Gasteiger partial charge in [0.2, 0.25) is 0 Å². The van der Waals surface area contributed by atoms with E-state index in [1.807, 2.05) is 40.4 Å². The Kier molecular flexibility index (Phi) is 17.0. The molecule has 0 aliphatic carbocycles. The van der Waals surface area contributed by atoms with E-state index in [1.165, 1.54) is 7.11 Å². The van der Waals surface area contributed by atoms with Crippen molar-refractivity contribution < 1.29 is 38.1 Å². The monoisotopic (exact) mass is 655 g/mol. The first-order chi connectivity index (χ1) is 21.2. The summed E-state index contributed by atoms with van der Waals surface area (Å²) in [7, 11) is 1.31. The number of nitrogens with zero attached hydrogens (tertiary/aromatic N) is 7. The van der Waals surface area contributed by atoms with Gasteiger partial charge in [-0.25, -0.2) is 0 Å². The number of rotatable bonds is 11. The van der Waals surface area contributed by atoms with Gasteiger partial charge < -0.3 is 18.9 Å². The van der Waals surface area contributed by atoms with Crippen molar-refractivity contribution in [3.05, 3.63) is 10.4 Å². The summed E-state index contributed by atoms with van der Waals surface area (Å²) in [4.78, 5) is 62.1. The average Bonchev–Trinajstić information content (AvgIpc) is 2.88. The topological polar surface area (TPSA) is 167 Å². The van der Waals surface area contributed by atoms with E-state index >= 15 is 0 Å². The number of methoxy groups -OCH3 is 1. The Morgan fingerprint density at radius 3 is 1.26 bits per heavy atom. The van der Waals surface area contributed by atoms with Crippen molar-refractivity contribution in [3.8, 4) is 0 Å². The fraction of sp³-hybridized carbons (Fsp3) is 0.871. The highest BCUT2D eigenvalue weighted by molar-refractivity contribution is 5.75. The Labute approximate surface area is 274 Å². The smallest absolute Gasteiger partial charge is 0.323 e. The average molecular weight is 656 g/mol. The molecule has 0 aromatic heterocycles. The normalized spacial score (nSPS) is 17.9. The summed E-state index contributed by atoms with van der Waals surface area (Å²) in [6.07, 6.45) is 0.235. The van der Waals surface area contributed by atoms with Crippen molar-refractivity contribution in [2.45, 2.75) is 91.6 Å². The quantitative estimate of drug-likeness (QED) is 0.105. The van der Waals surface area contributed by atoms with Crippen molar-refractivity contribution >= 4 is 23.9 Å². The van der Waals surface area contributed by atoms with Gasteiger partial charge in [-0.2, -0.15) is 0 Å². The van der Waals surface area contributed by atoms with Crippen LogP contribution >= 0.6 is 0 Å². The maximum absolute atomic E-state index is 12.9. The molecule has 0 radical (unpaired) electrons. The first-order valence-electron chi connectivity index (χ1n) is 15.9. The fourth-order valence-corrected chi connectivity index (χ4v) is 4.82. The molecule has 1 atom stereocenters.